The number of nitro groups is 1. The van der Waals surface area contributed by atoms with Crippen molar-refractivity contribution in [3.8, 4) is 11.5 Å². The van der Waals surface area contributed by atoms with Gasteiger partial charge in [-0.25, -0.2) is 13.6 Å². The molecule has 0 spiro atoms. The molecule has 0 heterocycles. The van der Waals surface area contributed by atoms with E-state index >= 15 is 0 Å². The van der Waals surface area contributed by atoms with Gasteiger partial charge < -0.3 is 9.47 Å². The van der Waals surface area contributed by atoms with Crippen LogP contribution in [0.2, 0.25) is 0 Å². The maximum Gasteiger partial charge on any atom is 0.282 e. The normalized spacial score (nSPS) is 11.5. The molecule has 0 amide bonds. The second-order valence-electron chi connectivity index (χ2n) is 4.82. The third-order valence-electron chi connectivity index (χ3n) is 3.25. The van der Waals surface area contributed by atoms with Crippen LogP contribution in [-0.2, 0) is 10.0 Å². The lowest BCUT2D eigenvalue weighted by Gasteiger charge is -2.08. The highest BCUT2D eigenvalue weighted by molar-refractivity contribution is 7.89. The number of ether oxygens (including phenoxy) is 2. The van der Waals surface area contributed by atoms with Crippen LogP contribution in [0.15, 0.2) is 46.3 Å². The molecule has 0 saturated heterocycles. The van der Waals surface area contributed by atoms with Crippen molar-refractivity contribution >= 4 is 27.6 Å². The van der Waals surface area contributed by atoms with Crippen LogP contribution in [0.25, 0.3) is 0 Å². The molecule has 0 aliphatic heterocycles. The van der Waals surface area contributed by atoms with Crippen molar-refractivity contribution < 1.29 is 22.8 Å². The molecule has 0 fully saturated rings. The highest BCUT2D eigenvalue weighted by Crippen LogP contribution is 2.34. The van der Waals surface area contributed by atoms with Crippen LogP contribution in [-0.4, -0.2) is 33.8 Å². The van der Waals surface area contributed by atoms with E-state index in [1.165, 1.54) is 56.8 Å². The molecular weight excluding hydrogens is 350 g/mol. The van der Waals surface area contributed by atoms with Gasteiger partial charge in [0, 0.05) is 6.21 Å². The van der Waals surface area contributed by atoms with E-state index in [-0.39, 0.29) is 21.9 Å². The van der Waals surface area contributed by atoms with Crippen LogP contribution in [0.3, 0.4) is 0 Å². The van der Waals surface area contributed by atoms with Crippen LogP contribution in [0.5, 0.6) is 11.5 Å². The summed E-state index contributed by atoms with van der Waals surface area (Å²) in [4.78, 5) is 14.7. The fraction of sp³-hybridized carbons (Fsp3) is 0.133. The first-order valence-electron chi connectivity index (χ1n) is 6.83. The summed E-state index contributed by atoms with van der Waals surface area (Å²) in [7, 11) is -1.00. The van der Waals surface area contributed by atoms with Gasteiger partial charge in [0.05, 0.1) is 41.4 Å². The lowest BCUT2D eigenvalue weighted by atomic mass is 10.1. The number of primary sulfonamides is 1. The van der Waals surface area contributed by atoms with E-state index in [2.05, 4.69) is 4.99 Å². The number of rotatable bonds is 6. The molecule has 0 aliphatic rings. The number of nitro benzene ring substituents is 1. The molecule has 2 rings (SSSR count). The monoisotopic (exact) mass is 365 g/mol. The van der Waals surface area contributed by atoms with E-state index in [1.54, 1.807) is 0 Å². The summed E-state index contributed by atoms with van der Waals surface area (Å²) in [6.07, 6.45) is 1.28. The maximum absolute atomic E-state index is 11.2. The second-order valence-corrected chi connectivity index (χ2v) is 6.38. The molecular formula is C15H15N3O6S. The van der Waals surface area contributed by atoms with Crippen molar-refractivity contribution in [2.75, 3.05) is 14.2 Å². The summed E-state index contributed by atoms with van der Waals surface area (Å²) >= 11 is 0. The highest BCUT2D eigenvalue weighted by atomic mass is 32.2. The molecule has 2 N–H and O–H groups in total. The number of nitrogens with zero attached hydrogens (tertiary/aromatic N) is 2. The van der Waals surface area contributed by atoms with E-state index in [0.29, 0.717) is 11.4 Å². The summed E-state index contributed by atoms with van der Waals surface area (Å²) in [5, 5.41) is 16.2. The van der Waals surface area contributed by atoms with E-state index in [4.69, 9.17) is 14.6 Å². The number of methoxy groups -OCH3 is 2. The fourth-order valence-electron chi connectivity index (χ4n) is 2.01. The Bertz CT molecular complexity index is 923. The Morgan fingerprint density at radius 3 is 2.16 bits per heavy atom. The van der Waals surface area contributed by atoms with Crippen molar-refractivity contribution in [2.24, 2.45) is 10.1 Å². The Morgan fingerprint density at radius 2 is 1.68 bits per heavy atom. The van der Waals surface area contributed by atoms with E-state index < -0.39 is 14.9 Å². The standard InChI is InChI=1S/C15H15N3O6S/c1-23-14-7-10(13(18(19)20)8-15(14)24-2)9-17-11-3-5-12(6-4-11)25(16,21)22/h3-9H,1-2H3,(H2,16,21,22). The zero-order valence-corrected chi connectivity index (χ0v) is 14.2. The maximum atomic E-state index is 11.2. The molecule has 0 aromatic heterocycles. The number of aliphatic imine (C=N–C) groups is 1. The molecule has 0 saturated carbocycles. The SMILES string of the molecule is COc1cc(C=Nc2ccc(S(N)(=O)=O)cc2)c([N+](=O)[O-])cc1OC. The first-order chi connectivity index (χ1) is 11.8. The van der Waals surface area contributed by atoms with Gasteiger partial charge in [-0.05, 0) is 30.3 Å². The quantitative estimate of drug-likeness (QED) is 0.473. The Kier molecular flexibility index (Phi) is 5.35. The molecule has 25 heavy (non-hydrogen) atoms. The summed E-state index contributed by atoms with van der Waals surface area (Å²) < 4.78 is 32.6. The molecule has 2 aromatic carbocycles. The van der Waals surface area contributed by atoms with E-state index in [0.717, 1.165) is 0 Å². The summed E-state index contributed by atoms with van der Waals surface area (Å²) in [5.41, 5.74) is 0.400. The smallest absolute Gasteiger partial charge is 0.282 e. The van der Waals surface area contributed by atoms with Crippen molar-refractivity contribution in [3.63, 3.8) is 0 Å². The minimum atomic E-state index is -3.79. The van der Waals surface area contributed by atoms with Crippen molar-refractivity contribution in [1.29, 1.82) is 0 Å². The fourth-order valence-corrected chi connectivity index (χ4v) is 2.53. The largest absolute Gasteiger partial charge is 0.493 e. The molecule has 9 nitrogen and oxygen atoms in total. The first-order valence-corrected chi connectivity index (χ1v) is 8.38. The van der Waals surface area contributed by atoms with Gasteiger partial charge in [0.2, 0.25) is 10.0 Å². The van der Waals surface area contributed by atoms with Crippen molar-refractivity contribution in [2.45, 2.75) is 4.90 Å². The van der Waals surface area contributed by atoms with E-state index in [1.807, 2.05) is 0 Å². The third kappa shape index (κ3) is 4.31. The molecule has 0 aliphatic carbocycles. The van der Waals surface area contributed by atoms with Crippen molar-refractivity contribution in [1.82, 2.24) is 0 Å². The average molecular weight is 365 g/mol. The predicted molar refractivity (Wildman–Crippen MR) is 91.3 cm³/mol. The number of hydrogen-bond acceptors (Lipinski definition) is 7. The van der Waals surface area contributed by atoms with Crippen LogP contribution >= 0.6 is 0 Å². The van der Waals surface area contributed by atoms with Crippen LogP contribution < -0.4 is 14.6 Å². The summed E-state index contributed by atoms with van der Waals surface area (Å²) in [6, 6.07) is 8.13. The van der Waals surface area contributed by atoms with Crippen LogP contribution in [0.4, 0.5) is 11.4 Å². The van der Waals surface area contributed by atoms with Gasteiger partial charge in [-0.2, -0.15) is 0 Å². The Balaban J connectivity index is 2.41. The van der Waals surface area contributed by atoms with Gasteiger partial charge in [-0.15, -0.1) is 0 Å². The molecule has 0 unspecified atom stereocenters. The summed E-state index contributed by atoms with van der Waals surface area (Å²) in [6.45, 7) is 0. The van der Waals surface area contributed by atoms with Gasteiger partial charge in [-0.1, -0.05) is 0 Å². The third-order valence-corrected chi connectivity index (χ3v) is 4.18. The number of hydrogen-bond donors (Lipinski definition) is 1. The van der Waals surface area contributed by atoms with E-state index in [9.17, 15) is 18.5 Å². The molecule has 10 heteroatoms. The Labute approximate surface area is 143 Å². The van der Waals surface area contributed by atoms with Gasteiger partial charge in [0.1, 0.15) is 0 Å². The summed E-state index contributed by atoms with van der Waals surface area (Å²) in [5.74, 6) is 0.544. The minimum absolute atomic E-state index is 0.0523. The minimum Gasteiger partial charge on any atom is -0.493 e. The zero-order chi connectivity index (χ0) is 18.6. The van der Waals surface area contributed by atoms with Gasteiger partial charge in [0.25, 0.3) is 5.69 Å². The molecule has 0 radical (unpaired) electrons. The first kappa shape index (κ1) is 18.4. The van der Waals surface area contributed by atoms with Crippen molar-refractivity contribution in [3.05, 3.63) is 52.1 Å². The van der Waals surface area contributed by atoms with Gasteiger partial charge >= 0.3 is 0 Å². The predicted octanol–water partition coefficient (Wildman–Crippen LogP) is 2.01. The molecule has 0 atom stereocenters. The van der Waals surface area contributed by atoms with Crippen LogP contribution in [0, 0.1) is 10.1 Å². The number of benzene rings is 2. The number of nitrogens with two attached hydrogens (primary N) is 1. The number of sulfonamides is 1. The molecule has 132 valence electrons. The highest BCUT2D eigenvalue weighted by Gasteiger charge is 2.18. The zero-order valence-electron chi connectivity index (χ0n) is 13.4. The van der Waals surface area contributed by atoms with Gasteiger partial charge in [-0.3, -0.25) is 15.1 Å². The topological polar surface area (TPSA) is 134 Å². The second kappa shape index (κ2) is 7.28. The lowest BCUT2D eigenvalue weighted by molar-refractivity contribution is -0.385. The van der Waals surface area contributed by atoms with Gasteiger partial charge in [0.15, 0.2) is 11.5 Å². The average Bonchev–Trinajstić information content (AvgIpc) is 2.58. The molecule has 2 aromatic rings. The Morgan fingerprint density at radius 1 is 1.12 bits per heavy atom. The van der Waals surface area contributed by atoms with Crippen LogP contribution in [0.1, 0.15) is 5.56 Å². The lowest BCUT2D eigenvalue weighted by Crippen LogP contribution is -2.11. The molecule has 0 bridgehead atoms. The Hall–Kier alpha value is -2.98.